The Morgan fingerprint density at radius 2 is 1.82 bits per heavy atom. The summed E-state index contributed by atoms with van der Waals surface area (Å²) in [5.74, 6) is -0.792. The molecule has 0 fully saturated rings. The third-order valence-corrected chi connectivity index (χ3v) is 5.10. The highest BCUT2D eigenvalue weighted by atomic mass is 16.5. The van der Waals surface area contributed by atoms with Crippen LogP contribution in [-0.4, -0.2) is 24.1 Å². The molecule has 0 aliphatic rings. The lowest BCUT2D eigenvalue weighted by molar-refractivity contribution is -0.117. The molecule has 0 bridgehead atoms. The van der Waals surface area contributed by atoms with E-state index in [0.717, 1.165) is 5.56 Å². The molecule has 0 unspecified atom stereocenters. The molecule has 0 aliphatic heterocycles. The predicted octanol–water partition coefficient (Wildman–Crippen LogP) is 4.76. The topological polar surface area (TPSA) is 109 Å². The van der Waals surface area contributed by atoms with E-state index in [9.17, 15) is 20.0 Å². The van der Waals surface area contributed by atoms with Crippen LogP contribution in [0, 0.1) is 11.3 Å². The first-order chi connectivity index (χ1) is 16.4. The van der Waals surface area contributed by atoms with Crippen molar-refractivity contribution in [2.45, 2.75) is 19.6 Å². The van der Waals surface area contributed by atoms with Crippen molar-refractivity contribution < 1.29 is 24.2 Å². The molecule has 172 valence electrons. The van der Waals surface area contributed by atoms with Gasteiger partial charge in [-0.1, -0.05) is 54.6 Å². The van der Waals surface area contributed by atoms with E-state index in [-0.39, 0.29) is 23.8 Å². The second-order valence-corrected chi connectivity index (χ2v) is 7.45. The van der Waals surface area contributed by atoms with Crippen LogP contribution in [0.3, 0.4) is 0 Å². The largest absolute Gasteiger partial charge is 0.493 e. The number of carboxylic acid groups (broad SMARTS) is 1. The molecule has 1 atom stereocenters. The number of nitrogens with one attached hydrogen (secondary N) is 1. The van der Waals surface area contributed by atoms with Gasteiger partial charge < -0.3 is 19.9 Å². The van der Waals surface area contributed by atoms with E-state index in [0.29, 0.717) is 22.6 Å². The molecular formula is C27H24N2O5. The summed E-state index contributed by atoms with van der Waals surface area (Å²) in [6.07, 6.45) is 1.44. The molecule has 2 N–H and O–H groups in total. The Morgan fingerprint density at radius 3 is 2.50 bits per heavy atom. The minimum Gasteiger partial charge on any atom is -0.493 e. The number of methoxy groups -OCH3 is 1. The fourth-order valence-electron chi connectivity index (χ4n) is 3.31. The van der Waals surface area contributed by atoms with E-state index in [2.05, 4.69) is 5.32 Å². The van der Waals surface area contributed by atoms with Gasteiger partial charge in [0, 0.05) is 5.56 Å². The summed E-state index contributed by atoms with van der Waals surface area (Å²) < 4.78 is 11.4. The number of ether oxygens (including phenoxy) is 2. The molecule has 0 aromatic heterocycles. The first-order valence-corrected chi connectivity index (χ1v) is 10.5. The number of para-hydroxylation sites is 1. The molecule has 0 radical (unpaired) electrons. The molecule has 3 aromatic rings. The molecule has 0 heterocycles. The van der Waals surface area contributed by atoms with Gasteiger partial charge in [-0.15, -0.1) is 0 Å². The summed E-state index contributed by atoms with van der Waals surface area (Å²) in [6.45, 7) is 1.91. The lowest BCUT2D eigenvalue weighted by Crippen LogP contribution is -2.27. The Morgan fingerprint density at radius 1 is 1.09 bits per heavy atom. The number of nitrogens with zero attached hydrogens (tertiary/aromatic N) is 1. The van der Waals surface area contributed by atoms with Gasteiger partial charge in [0.25, 0.3) is 5.91 Å². The Labute approximate surface area is 197 Å². The summed E-state index contributed by atoms with van der Waals surface area (Å²) >= 11 is 0. The van der Waals surface area contributed by atoms with Crippen molar-refractivity contribution >= 4 is 18.0 Å². The lowest BCUT2D eigenvalue weighted by atomic mass is 10.1. The highest BCUT2D eigenvalue weighted by Crippen LogP contribution is 2.33. The molecule has 7 nitrogen and oxygen atoms in total. The van der Waals surface area contributed by atoms with Crippen LogP contribution in [0.15, 0.2) is 78.4 Å². The molecule has 0 saturated heterocycles. The van der Waals surface area contributed by atoms with Gasteiger partial charge in [-0.2, -0.15) is 5.26 Å². The number of nitriles is 1. The second kappa shape index (κ2) is 11.3. The van der Waals surface area contributed by atoms with Crippen LogP contribution in [0.5, 0.6) is 11.5 Å². The Balaban J connectivity index is 1.85. The first-order valence-electron chi connectivity index (χ1n) is 10.5. The van der Waals surface area contributed by atoms with Crippen LogP contribution < -0.4 is 14.8 Å². The Kier molecular flexibility index (Phi) is 8.03. The first kappa shape index (κ1) is 24.1. The zero-order valence-electron chi connectivity index (χ0n) is 18.8. The van der Waals surface area contributed by atoms with Crippen molar-refractivity contribution in [1.29, 1.82) is 5.26 Å². The quantitative estimate of drug-likeness (QED) is 0.355. The maximum atomic E-state index is 12.8. The highest BCUT2D eigenvalue weighted by Gasteiger charge is 2.16. The monoisotopic (exact) mass is 456 g/mol. The number of carbonyl (C=O) groups excluding carboxylic acids is 1. The summed E-state index contributed by atoms with van der Waals surface area (Å²) in [6, 6.07) is 22.6. The molecule has 7 heteroatoms. The summed E-state index contributed by atoms with van der Waals surface area (Å²) in [5.41, 5.74) is 2.11. The molecule has 0 aliphatic carbocycles. The van der Waals surface area contributed by atoms with Gasteiger partial charge in [-0.3, -0.25) is 4.79 Å². The number of amides is 1. The fourth-order valence-corrected chi connectivity index (χ4v) is 3.31. The van der Waals surface area contributed by atoms with Crippen molar-refractivity contribution in [3.8, 4) is 17.6 Å². The van der Waals surface area contributed by atoms with Gasteiger partial charge >= 0.3 is 5.97 Å². The van der Waals surface area contributed by atoms with Gasteiger partial charge in [-0.25, -0.2) is 4.79 Å². The molecular weight excluding hydrogens is 432 g/mol. The van der Waals surface area contributed by atoms with Gasteiger partial charge in [0.2, 0.25) is 0 Å². The fraction of sp³-hybridized carbons (Fsp3) is 0.148. The van der Waals surface area contributed by atoms with Gasteiger partial charge in [0.1, 0.15) is 18.2 Å². The average molecular weight is 456 g/mol. The number of carboxylic acids is 1. The van der Waals surface area contributed by atoms with Gasteiger partial charge in [-0.05, 0) is 42.3 Å². The predicted molar refractivity (Wildman–Crippen MR) is 127 cm³/mol. The van der Waals surface area contributed by atoms with Crippen molar-refractivity contribution in [1.82, 2.24) is 5.32 Å². The number of hydrogen-bond donors (Lipinski definition) is 2. The highest BCUT2D eigenvalue weighted by molar-refractivity contribution is 6.02. The summed E-state index contributed by atoms with van der Waals surface area (Å²) in [7, 11) is 1.49. The maximum absolute atomic E-state index is 12.8. The zero-order valence-corrected chi connectivity index (χ0v) is 18.8. The minimum absolute atomic E-state index is 0.0709. The van der Waals surface area contributed by atoms with Gasteiger partial charge in [0.05, 0.1) is 18.7 Å². The Hall–Kier alpha value is -4.57. The van der Waals surface area contributed by atoms with Crippen LogP contribution in [0.4, 0.5) is 0 Å². The molecule has 1 amide bonds. The molecule has 3 rings (SSSR count). The molecule has 0 spiro atoms. The van der Waals surface area contributed by atoms with Crippen molar-refractivity contribution in [3.05, 3.63) is 101 Å². The van der Waals surface area contributed by atoms with Crippen LogP contribution in [0.1, 0.15) is 40.0 Å². The van der Waals surface area contributed by atoms with Crippen LogP contribution >= 0.6 is 0 Å². The number of aromatic carboxylic acids is 1. The SMILES string of the molecule is COc1cccc(/C=C(/C#N)C(=O)N[C@H](C)c2ccccc2)c1OCc1cccc(C(=O)O)c1. The third-order valence-electron chi connectivity index (χ3n) is 5.10. The second-order valence-electron chi connectivity index (χ2n) is 7.45. The number of carbonyl (C=O) groups is 2. The maximum Gasteiger partial charge on any atom is 0.335 e. The Bertz CT molecular complexity index is 1250. The summed E-state index contributed by atoms with van der Waals surface area (Å²) in [5, 5.41) is 21.7. The van der Waals surface area contributed by atoms with Crippen LogP contribution in [-0.2, 0) is 11.4 Å². The third kappa shape index (κ3) is 6.02. The van der Waals surface area contributed by atoms with Crippen molar-refractivity contribution in [2.24, 2.45) is 0 Å². The number of hydrogen-bond acceptors (Lipinski definition) is 5. The van der Waals surface area contributed by atoms with Crippen LogP contribution in [0.25, 0.3) is 6.08 Å². The van der Waals surface area contributed by atoms with Crippen molar-refractivity contribution in [2.75, 3.05) is 7.11 Å². The smallest absolute Gasteiger partial charge is 0.335 e. The molecule has 34 heavy (non-hydrogen) atoms. The van der Waals surface area contributed by atoms with E-state index in [1.165, 1.54) is 25.3 Å². The number of rotatable bonds is 9. The zero-order chi connectivity index (χ0) is 24.5. The number of benzene rings is 3. The van der Waals surface area contributed by atoms with E-state index >= 15 is 0 Å². The molecule has 3 aromatic carbocycles. The normalized spacial score (nSPS) is 11.7. The van der Waals surface area contributed by atoms with Crippen LogP contribution in [0.2, 0.25) is 0 Å². The van der Waals surface area contributed by atoms with E-state index in [4.69, 9.17) is 9.47 Å². The van der Waals surface area contributed by atoms with Gasteiger partial charge in [0.15, 0.2) is 11.5 Å². The molecule has 0 saturated carbocycles. The summed E-state index contributed by atoms with van der Waals surface area (Å²) in [4.78, 5) is 24.0. The minimum atomic E-state index is -1.03. The van der Waals surface area contributed by atoms with E-state index in [1.54, 1.807) is 30.3 Å². The van der Waals surface area contributed by atoms with Crippen molar-refractivity contribution in [3.63, 3.8) is 0 Å². The van der Waals surface area contributed by atoms with E-state index in [1.807, 2.05) is 43.3 Å². The lowest BCUT2D eigenvalue weighted by Gasteiger charge is -2.15. The van der Waals surface area contributed by atoms with E-state index < -0.39 is 11.9 Å². The standard InChI is InChI=1S/C27H24N2O5/c1-18(20-9-4-3-5-10-20)29-26(30)23(16-28)15-21-11-7-13-24(33-2)25(21)34-17-19-8-6-12-22(14-19)27(31)32/h3-15,18H,17H2,1-2H3,(H,29,30)(H,31,32)/b23-15-/t18-/m1/s1. The average Bonchev–Trinajstić information content (AvgIpc) is 2.86.